The van der Waals surface area contributed by atoms with Crippen molar-refractivity contribution in [2.75, 3.05) is 19.6 Å². The summed E-state index contributed by atoms with van der Waals surface area (Å²) in [5.74, 6) is 0.0470. The van der Waals surface area contributed by atoms with E-state index in [2.05, 4.69) is 16.3 Å². The van der Waals surface area contributed by atoms with E-state index in [1.807, 2.05) is 18.2 Å². The molecule has 1 aliphatic heterocycles. The number of nitrogens with two attached hydrogens (primary N) is 1. The van der Waals surface area contributed by atoms with E-state index >= 15 is 0 Å². The molecule has 1 heterocycles. The van der Waals surface area contributed by atoms with Gasteiger partial charge in [-0.3, -0.25) is 9.69 Å². The highest BCUT2D eigenvalue weighted by Gasteiger charge is 2.22. The van der Waals surface area contributed by atoms with Crippen molar-refractivity contribution in [1.82, 2.24) is 10.2 Å². The van der Waals surface area contributed by atoms with Crippen molar-refractivity contribution in [2.45, 2.75) is 38.3 Å². The van der Waals surface area contributed by atoms with Gasteiger partial charge in [0, 0.05) is 37.1 Å². The molecule has 1 atom stereocenters. The molecule has 2 rings (SSSR count). The highest BCUT2D eigenvalue weighted by Crippen LogP contribution is 2.20. The summed E-state index contributed by atoms with van der Waals surface area (Å²) < 4.78 is 0. The van der Waals surface area contributed by atoms with E-state index in [-0.39, 0.29) is 18.3 Å². The Morgan fingerprint density at radius 3 is 2.95 bits per heavy atom. The van der Waals surface area contributed by atoms with Gasteiger partial charge in [0.25, 0.3) is 0 Å². The zero-order valence-electron chi connectivity index (χ0n) is 12.8. The van der Waals surface area contributed by atoms with Crippen LogP contribution in [0.5, 0.6) is 0 Å². The predicted octanol–water partition coefficient (Wildman–Crippen LogP) is 2.58. The van der Waals surface area contributed by atoms with Crippen LogP contribution < -0.4 is 11.1 Å². The molecule has 0 spiro atoms. The Kier molecular flexibility index (Phi) is 8.79. The number of rotatable bonds is 6. The number of carbonyl (C=O) groups is 1. The van der Waals surface area contributed by atoms with Gasteiger partial charge in [-0.2, -0.15) is 0 Å². The Morgan fingerprint density at radius 1 is 1.41 bits per heavy atom. The average Bonchev–Trinajstić information content (AvgIpc) is 2.47. The van der Waals surface area contributed by atoms with Gasteiger partial charge in [0.1, 0.15) is 0 Å². The van der Waals surface area contributed by atoms with E-state index in [1.54, 1.807) is 0 Å². The number of amides is 1. The lowest BCUT2D eigenvalue weighted by molar-refractivity contribution is -0.121. The maximum atomic E-state index is 11.6. The van der Waals surface area contributed by atoms with Crippen LogP contribution in [0, 0.1) is 0 Å². The number of likely N-dealkylation sites (tertiary alicyclic amines) is 1. The molecule has 1 aromatic carbocycles. The van der Waals surface area contributed by atoms with Crippen LogP contribution in [-0.4, -0.2) is 36.5 Å². The molecule has 4 nitrogen and oxygen atoms in total. The molecule has 0 aliphatic carbocycles. The van der Waals surface area contributed by atoms with Crippen molar-refractivity contribution in [1.29, 1.82) is 0 Å². The molecule has 0 aromatic heterocycles. The molecule has 22 heavy (non-hydrogen) atoms. The monoisotopic (exact) mass is 345 g/mol. The van der Waals surface area contributed by atoms with Crippen LogP contribution in [0.15, 0.2) is 24.3 Å². The normalized spacial score (nSPS) is 18.5. The van der Waals surface area contributed by atoms with Gasteiger partial charge in [-0.05, 0) is 37.1 Å². The molecule has 1 saturated heterocycles. The van der Waals surface area contributed by atoms with Crippen LogP contribution >= 0.6 is 24.0 Å². The van der Waals surface area contributed by atoms with Crippen LogP contribution in [0.1, 0.15) is 31.2 Å². The summed E-state index contributed by atoms with van der Waals surface area (Å²) in [6, 6.07) is 8.40. The van der Waals surface area contributed by atoms with Crippen molar-refractivity contribution in [2.24, 2.45) is 5.73 Å². The number of nitrogens with one attached hydrogen (secondary N) is 1. The molecule has 1 fully saturated rings. The van der Waals surface area contributed by atoms with Gasteiger partial charge >= 0.3 is 0 Å². The van der Waals surface area contributed by atoms with Crippen LogP contribution in [0.3, 0.4) is 0 Å². The molecule has 3 N–H and O–H groups in total. The minimum Gasteiger partial charge on any atom is -0.354 e. The predicted molar refractivity (Wildman–Crippen MR) is 93.4 cm³/mol. The summed E-state index contributed by atoms with van der Waals surface area (Å²) in [5.41, 5.74) is 6.62. The molecule has 1 amide bonds. The lowest BCUT2D eigenvalue weighted by atomic mass is 10.0. The van der Waals surface area contributed by atoms with E-state index in [0.29, 0.717) is 25.6 Å². The maximum Gasteiger partial charge on any atom is 0.221 e. The molecular formula is C16H25Cl2N3O. The summed E-state index contributed by atoms with van der Waals surface area (Å²) in [6.07, 6.45) is 3.97. The minimum absolute atomic E-state index is 0. The molecule has 1 aromatic rings. The van der Waals surface area contributed by atoms with Crippen LogP contribution in [0.25, 0.3) is 0 Å². The lowest BCUT2D eigenvalue weighted by Gasteiger charge is -2.36. The van der Waals surface area contributed by atoms with E-state index in [4.69, 9.17) is 17.3 Å². The second-order valence-corrected chi connectivity index (χ2v) is 6.03. The summed E-state index contributed by atoms with van der Waals surface area (Å²) in [6.45, 7) is 3.07. The number of hydrogen-bond donors (Lipinski definition) is 2. The minimum atomic E-state index is 0. The second-order valence-electron chi connectivity index (χ2n) is 5.59. The third kappa shape index (κ3) is 6.13. The van der Waals surface area contributed by atoms with Gasteiger partial charge in [0.05, 0.1) is 0 Å². The summed E-state index contributed by atoms with van der Waals surface area (Å²) in [5, 5.41) is 3.77. The van der Waals surface area contributed by atoms with Gasteiger partial charge < -0.3 is 11.1 Å². The Bertz CT molecular complexity index is 470. The fourth-order valence-electron chi connectivity index (χ4n) is 2.82. The van der Waals surface area contributed by atoms with E-state index in [0.717, 1.165) is 24.5 Å². The number of hydrogen-bond acceptors (Lipinski definition) is 3. The van der Waals surface area contributed by atoms with Crippen molar-refractivity contribution < 1.29 is 4.79 Å². The second kappa shape index (κ2) is 10.1. The van der Waals surface area contributed by atoms with Crippen LogP contribution in [-0.2, 0) is 11.3 Å². The molecule has 1 unspecified atom stereocenters. The van der Waals surface area contributed by atoms with Gasteiger partial charge in [-0.15, -0.1) is 12.4 Å². The van der Waals surface area contributed by atoms with Gasteiger partial charge in [0.15, 0.2) is 0 Å². The number of benzene rings is 1. The first kappa shape index (κ1) is 19.2. The molecule has 6 heteroatoms. The summed E-state index contributed by atoms with van der Waals surface area (Å²) in [7, 11) is 0. The maximum absolute atomic E-state index is 11.6. The van der Waals surface area contributed by atoms with Crippen LogP contribution in [0.4, 0.5) is 0 Å². The third-order valence-electron chi connectivity index (χ3n) is 3.93. The molecule has 0 radical (unpaired) electrons. The number of halogens is 2. The molecule has 1 aliphatic rings. The molecule has 124 valence electrons. The van der Waals surface area contributed by atoms with Crippen LogP contribution in [0.2, 0.25) is 5.02 Å². The van der Waals surface area contributed by atoms with Gasteiger partial charge in [0.2, 0.25) is 5.91 Å². The SMILES string of the molecule is Cl.NCCC(=O)NCC1CCCCN1Cc1cccc(Cl)c1. The quantitative estimate of drug-likeness (QED) is 0.832. The van der Waals surface area contributed by atoms with E-state index < -0.39 is 0 Å². The molecular weight excluding hydrogens is 321 g/mol. The summed E-state index contributed by atoms with van der Waals surface area (Å²) in [4.78, 5) is 14.0. The Hall–Kier alpha value is -0.810. The molecule has 0 saturated carbocycles. The first-order valence-electron chi connectivity index (χ1n) is 7.64. The average molecular weight is 346 g/mol. The van der Waals surface area contributed by atoms with Crippen molar-refractivity contribution in [3.05, 3.63) is 34.9 Å². The van der Waals surface area contributed by atoms with Gasteiger partial charge in [-0.25, -0.2) is 0 Å². The highest BCUT2D eigenvalue weighted by molar-refractivity contribution is 6.30. The smallest absolute Gasteiger partial charge is 0.221 e. The van der Waals surface area contributed by atoms with E-state index in [9.17, 15) is 4.79 Å². The Morgan fingerprint density at radius 2 is 2.23 bits per heavy atom. The Labute approximate surface area is 143 Å². The van der Waals surface area contributed by atoms with Crippen molar-refractivity contribution in [3.63, 3.8) is 0 Å². The van der Waals surface area contributed by atoms with Crippen molar-refractivity contribution >= 4 is 29.9 Å². The zero-order chi connectivity index (χ0) is 15.1. The zero-order valence-corrected chi connectivity index (χ0v) is 14.3. The lowest BCUT2D eigenvalue weighted by Crippen LogP contribution is -2.46. The van der Waals surface area contributed by atoms with Crippen molar-refractivity contribution in [3.8, 4) is 0 Å². The third-order valence-corrected chi connectivity index (χ3v) is 4.17. The highest BCUT2D eigenvalue weighted by atomic mass is 35.5. The topological polar surface area (TPSA) is 58.4 Å². The molecule has 0 bridgehead atoms. The largest absolute Gasteiger partial charge is 0.354 e. The number of nitrogens with zero attached hydrogens (tertiary/aromatic N) is 1. The Balaban J connectivity index is 0.00000242. The van der Waals surface area contributed by atoms with E-state index in [1.165, 1.54) is 18.4 Å². The van der Waals surface area contributed by atoms with Gasteiger partial charge in [-0.1, -0.05) is 30.2 Å². The summed E-state index contributed by atoms with van der Waals surface area (Å²) >= 11 is 6.05. The first-order valence-corrected chi connectivity index (χ1v) is 8.02. The first-order chi connectivity index (χ1) is 10.2. The number of carbonyl (C=O) groups excluding carboxylic acids is 1. The standard InChI is InChI=1S/C16H24ClN3O.ClH/c17-14-5-3-4-13(10-14)12-20-9-2-1-6-15(20)11-19-16(21)7-8-18;/h3-5,10,15H,1-2,6-9,11-12,18H2,(H,19,21);1H. The fourth-order valence-corrected chi connectivity index (χ4v) is 3.03. The number of piperidine rings is 1. The fraction of sp³-hybridized carbons (Fsp3) is 0.562.